The van der Waals surface area contributed by atoms with Crippen LogP contribution in [0.1, 0.15) is 69.0 Å². The second-order valence-corrected chi connectivity index (χ2v) is 8.74. The van der Waals surface area contributed by atoms with Gasteiger partial charge in [0.2, 0.25) is 11.8 Å². The minimum atomic E-state index is 0.124. The van der Waals surface area contributed by atoms with Crippen molar-refractivity contribution in [1.29, 1.82) is 0 Å². The Bertz CT molecular complexity index is 768. The molecule has 3 aliphatic heterocycles. The summed E-state index contributed by atoms with van der Waals surface area (Å²) < 4.78 is 0. The zero-order valence-corrected chi connectivity index (χ0v) is 17.8. The molecule has 2 fully saturated rings. The number of fused-ring (bicyclic) bond motifs is 1. The van der Waals surface area contributed by atoms with Gasteiger partial charge >= 0.3 is 0 Å². The van der Waals surface area contributed by atoms with Crippen LogP contribution in [0, 0.1) is 0 Å². The summed E-state index contributed by atoms with van der Waals surface area (Å²) in [5, 5.41) is 0. The van der Waals surface area contributed by atoms with E-state index in [0.29, 0.717) is 25.7 Å². The quantitative estimate of drug-likeness (QED) is 0.774. The lowest BCUT2D eigenvalue weighted by atomic mass is 10.00. The second kappa shape index (κ2) is 8.78. The highest BCUT2D eigenvalue weighted by atomic mass is 16.2. The molecule has 158 valence electrons. The summed E-state index contributed by atoms with van der Waals surface area (Å²) in [6.45, 7) is 8.27. The minimum Gasteiger partial charge on any atom is -0.342 e. The second-order valence-electron chi connectivity index (χ2n) is 8.74. The minimum absolute atomic E-state index is 0.124. The smallest absolute Gasteiger partial charge is 0.237 e. The number of rotatable bonds is 4. The molecule has 7 heteroatoms. The van der Waals surface area contributed by atoms with Gasteiger partial charge in [-0.25, -0.2) is 9.97 Å². The van der Waals surface area contributed by atoms with Gasteiger partial charge in [0.05, 0.1) is 12.2 Å². The molecule has 0 radical (unpaired) electrons. The zero-order chi connectivity index (χ0) is 20.4. The number of nitrogens with zero attached hydrogens (tertiary/aromatic N) is 5. The number of amides is 2. The molecule has 3 aliphatic rings. The van der Waals surface area contributed by atoms with E-state index in [4.69, 9.17) is 4.98 Å². The first-order chi connectivity index (χ1) is 14.0. The summed E-state index contributed by atoms with van der Waals surface area (Å²) in [6.07, 6.45) is 8.44. The number of piperidine rings is 1. The van der Waals surface area contributed by atoms with E-state index in [0.717, 1.165) is 56.0 Å². The van der Waals surface area contributed by atoms with Crippen LogP contribution in [0.2, 0.25) is 0 Å². The predicted molar refractivity (Wildman–Crippen MR) is 110 cm³/mol. The first-order valence-corrected chi connectivity index (χ1v) is 11.2. The SMILES string of the molecule is CC[C@@H]1CCCCN1CC(=O)N1CCc2nc([C@H]3CCN(C(C)=O)C3)ncc2C1. The van der Waals surface area contributed by atoms with E-state index in [2.05, 4.69) is 16.8 Å². The monoisotopic (exact) mass is 399 g/mol. The van der Waals surface area contributed by atoms with Crippen molar-refractivity contribution in [1.82, 2.24) is 24.7 Å². The molecule has 1 aromatic heterocycles. The summed E-state index contributed by atoms with van der Waals surface area (Å²) in [5.74, 6) is 1.44. The molecule has 0 bridgehead atoms. The summed E-state index contributed by atoms with van der Waals surface area (Å²) >= 11 is 0. The van der Waals surface area contributed by atoms with Crippen LogP contribution >= 0.6 is 0 Å². The van der Waals surface area contributed by atoms with E-state index in [1.807, 2.05) is 16.0 Å². The van der Waals surface area contributed by atoms with Crippen LogP contribution < -0.4 is 0 Å². The van der Waals surface area contributed by atoms with Crippen molar-refractivity contribution < 1.29 is 9.59 Å². The van der Waals surface area contributed by atoms with E-state index in [-0.39, 0.29) is 17.7 Å². The highest BCUT2D eigenvalue weighted by Gasteiger charge is 2.30. The molecule has 0 aromatic carbocycles. The van der Waals surface area contributed by atoms with Crippen LogP contribution in [0.5, 0.6) is 0 Å². The summed E-state index contributed by atoms with van der Waals surface area (Å²) in [7, 11) is 0. The summed E-state index contributed by atoms with van der Waals surface area (Å²) in [5.41, 5.74) is 2.14. The van der Waals surface area contributed by atoms with Crippen LogP contribution in [0.25, 0.3) is 0 Å². The molecule has 0 aliphatic carbocycles. The average molecular weight is 400 g/mol. The number of likely N-dealkylation sites (tertiary alicyclic amines) is 2. The third-order valence-electron chi connectivity index (χ3n) is 6.86. The van der Waals surface area contributed by atoms with Gasteiger partial charge in [0.15, 0.2) is 0 Å². The Hall–Kier alpha value is -2.02. The Morgan fingerprint density at radius 1 is 1.14 bits per heavy atom. The molecule has 2 atom stereocenters. The van der Waals surface area contributed by atoms with Crippen molar-refractivity contribution in [3.8, 4) is 0 Å². The number of carbonyl (C=O) groups is 2. The van der Waals surface area contributed by atoms with Gasteiger partial charge in [-0.15, -0.1) is 0 Å². The molecule has 2 amide bonds. The molecule has 0 unspecified atom stereocenters. The van der Waals surface area contributed by atoms with E-state index in [1.54, 1.807) is 6.92 Å². The Balaban J connectivity index is 1.37. The molecule has 7 nitrogen and oxygen atoms in total. The van der Waals surface area contributed by atoms with Crippen molar-refractivity contribution in [2.75, 3.05) is 32.7 Å². The molecule has 2 saturated heterocycles. The number of aromatic nitrogens is 2. The Morgan fingerprint density at radius 3 is 2.76 bits per heavy atom. The van der Waals surface area contributed by atoms with Crippen molar-refractivity contribution in [2.24, 2.45) is 0 Å². The van der Waals surface area contributed by atoms with Gasteiger partial charge in [0.1, 0.15) is 5.82 Å². The van der Waals surface area contributed by atoms with Gasteiger partial charge in [-0.3, -0.25) is 14.5 Å². The molecule has 0 N–H and O–H groups in total. The van der Waals surface area contributed by atoms with Crippen LogP contribution in [-0.2, 0) is 22.6 Å². The topological polar surface area (TPSA) is 69.6 Å². The molecule has 4 heterocycles. The van der Waals surface area contributed by atoms with Crippen LogP contribution in [0.15, 0.2) is 6.20 Å². The third-order valence-corrected chi connectivity index (χ3v) is 6.86. The van der Waals surface area contributed by atoms with E-state index in [9.17, 15) is 9.59 Å². The molecular formula is C22H33N5O2. The lowest BCUT2D eigenvalue weighted by Crippen LogP contribution is -2.47. The lowest BCUT2D eigenvalue weighted by Gasteiger charge is -2.37. The maximum Gasteiger partial charge on any atom is 0.237 e. The Labute approximate surface area is 173 Å². The summed E-state index contributed by atoms with van der Waals surface area (Å²) in [4.78, 5) is 40.2. The van der Waals surface area contributed by atoms with Crippen LogP contribution in [0.3, 0.4) is 0 Å². The fraction of sp³-hybridized carbons (Fsp3) is 0.727. The highest BCUT2D eigenvalue weighted by Crippen LogP contribution is 2.27. The van der Waals surface area contributed by atoms with Crippen molar-refractivity contribution >= 4 is 11.8 Å². The Kier molecular flexibility index (Phi) is 6.13. The summed E-state index contributed by atoms with van der Waals surface area (Å²) in [6, 6.07) is 0.552. The van der Waals surface area contributed by atoms with Gasteiger partial charge in [-0.1, -0.05) is 13.3 Å². The standard InChI is InChI=1S/C22H33N5O2/c1-3-19-6-4-5-9-26(19)15-21(29)27-11-8-20-18(14-27)12-23-22(24-20)17-7-10-25(13-17)16(2)28/h12,17,19H,3-11,13-15H2,1-2H3/t17-,19+/m0/s1. The lowest BCUT2D eigenvalue weighted by molar-refractivity contribution is -0.134. The van der Waals surface area contributed by atoms with Crippen molar-refractivity contribution in [3.63, 3.8) is 0 Å². The maximum atomic E-state index is 12.9. The molecule has 0 spiro atoms. The van der Waals surface area contributed by atoms with E-state index < -0.39 is 0 Å². The third kappa shape index (κ3) is 4.44. The van der Waals surface area contributed by atoms with E-state index in [1.165, 1.54) is 19.3 Å². The van der Waals surface area contributed by atoms with Crippen molar-refractivity contribution in [2.45, 2.75) is 70.9 Å². The predicted octanol–water partition coefficient (Wildman–Crippen LogP) is 1.96. The zero-order valence-electron chi connectivity index (χ0n) is 17.8. The normalized spacial score (nSPS) is 25.2. The van der Waals surface area contributed by atoms with Crippen LogP contribution in [0.4, 0.5) is 0 Å². The van der Waals surface area contributed by atoms with Gasteiger partial charge in [-0.2, -0.15) is 0 Å². The number of hydrogen-bond donors (Lipinski definition) is 0. The van der Waals surface area contributed by atoms with Gasteiger partial charge in [0.25, 0.3) is 0 Å². The Morgan fingerprint density at radius 2 is 2.00 bits per heavy atom. The molecular weight excluding hydrogens is 366 g/mol. The van der Waals surface area contributed by atoms with E-state index >= 15 is 0 Å². The first-order valence-electron chi connectivity index (χ1n) is 11.2. The fourth-order valence-corrected chi connectivity index (χ4v) is 5.00. The molecule has 29 heavy (non-hydrogen) atoms. The first kappa shape index (κ1) is 20.3. The van der Waals surface area contributed by atoms with Gasteiger partial charge in [-0.05, 0) is 32.2 Å². The number of hydrogen-bond acceptors (Lipinski definition) is 5. The maximum absolute atomic E-state index is 12.9. The molecule has 4 rings (SSSR count). The number of carbonyl (C=O) groups excluding carboxylic acids is 2. The van der Waals surface area contributed by atoms with Crippen molar-refractivity contribution in [3.05, 3.63) is 23.3 Å². The van der Waals surface area contributed by atoms with Crippen LogP contribution in [-0.4, -0.2) is 75.2 Å². The molecule has 0 saturated carbocycles. The van der Waals surface area contributed by atoms with Gasteiger partial charge in [0, 0.05) is 63.2 Å². The fourth-order valence-electron chi connectivity index (χ4n) is 5.00. The average Bonchev–Trinajstić information content (AvgIpc) is 3.24. The molecule has 1 aromatic rings. The highest BCUT2D eigenvalue weighted by molar-refractivity contribution is 5.78. The van der Waals surface area contributed by atoms with Gasteiger partial charge < -0.3 is 9.80 Å². The largest absolute Gasteiger partial charge is 0.342 e.